The van der Waals surface area contributed by atoms with Crippen LogP contribution in [0.15, 0.2) is 59.9 Å². The Morgan fingerprint density at radius 1 is 1.23 bits per heavy atom. The van der Waals surface area contributed by atoms with E-state index in [-0.39, 0.29) is 29.5 Å². The molecule has 0 saturated heterocycles. The molecule has 0 radical (unpaired) electrons. The molecule has 1 aliphatic rings. The van der Waals surface area contributed by atoms with Gasteiger partial charge in [0.2, 0.25) is 11.8 Å². The van der Waals surface area contributed by atoms with E-state index in [9.17, 15) is 22.8 Å². The van der Waals surface area contributed by atoms with Gasteiger partial charge in [-0.1, -0.05) is 32.0 Å². The summed E-state index contributed by atoms with van der Waals surface area (Å²) in [6.07, 6.45) is -4.63. The van der Waals surface area contributed by atoms with Crippen molar-refractivity contribution in [3.63, 3.8) is 0 Å². The molecule has 2 amide bonds. The summed E-state index contributed by atoms with van der Waals surface area (Å²) in [7, 11) is 0. The number of carbonyl (C=O) groups excluding carboxylic acids is 2. The van der Waals surface area contributed by atoms with E-state index in [4.69, 9.17) is 11.8 Å². The molecule has 0 aromatic heterocycles. The van der Waals surface area contributed by atoms with Crippen molar-refractivity contribution in [1.82, 2.24) is 5.32 Å². The number of nitrogens with zero attached hydrogens (tertiary/aromatic N) is 3. The van der Waals surface area contributed by atoms with E-state index in [0.717, 1.165) is 17.0 Å². The molecule has 2 aromatic rings. The number of hydrogen-bond donors (Lipinski definition) is 1. The molecule has 3 rings (SSSR count). The Kier molecular flexibility index (Phi) is 7.31. The highest BCUT2D eigenvalue weighted by Crippen LogP contribution is 2.43. The molecule has 6 nitrogen and oxygen atoms in total. The largest absolute Gasteiger partial charge is 0.416 e. The van der Waals surface area contributed by atoms with Gasteiger partial charge in [-0.25, -0.2) is 4.85 Å². The average molecular weight is 480 g/mol. The lowest BCUT2D eigenvalue weighted by Gasteiger charge is -2.38. The Hall–Kier alpha value is -4.11. The van der Waals surface area contributed by atoms with Gasteiger partial charge in [-0.05, 0) is 48.7 Å². The third-order valence-corrected chi connectivity index (χ3v) is 5.74. The number of carbonyl (C=O) groups is 2. The number of nitriles is 1. The smallest absolute Gasteiger partial charge is 0.355 e. The first-order valence-electron chi connectivity index (χ1n) is 10.9. The van der Waals surface area contributed by atoms with Gasteiger partial charge in [-0.2, -0.15) is 18.4 Å². The topological polar surface area (TPSA) is 77.6 Å². The number of allylic oxidation sites excluding steroid dienone is 2. The zero-order valence-electron chi connectivity index (χ0n) is 19.3. The first kappa shape index (κ1) is 25.5. The lowest BCUT2D eigenvalue weighted by molar-refractivity contribution is -0.138. The molecule has 0 aliphatic carbocycles. The van der Waals surface area contributed by atoms with Crippen LogP contribution in [-0.2, 0) is 15.8 Å². The minimum Gasteiger partial charge on any atom is -0.355 e. The second-order valence-corrected chi connectivity index (χ2v) is 8.63. The molecule has 0 spiro atoms. The number of hydrogen-bond acceptors (Lipinski definition) is 3. The molecule has 9 heteroatoms. The number of benzene rings is 2. The monoisotopic (exact) mass is 480 g/mol. The Balaban J connectivity index is 2.20. The van der Waals surface area contributed by atoms with Crippen LogP contribution in [0.5, 0.6) is 0 Å². The number of nitrogens with one attached hydrogen (secondary N) is 1. The Bertz CT molecular complexity index is 1250. The Morgan fingerprint density at radius 2 is 1.89 bits per heavy atom. The second-order valence-electron chi connectivity index (χ2n) is 8.63. The summed E-state index contributed by atoms with van der Waals surface area (Å²) in [5, 5.41) is 11.8. The highest BCUT2D eigenvalue weighted by atomic mass is 19.4. The molecule has 1 N–H and O–H groups in total. The SMILES string of the molecule is [C-]#[N+]C1=C(C)N(c2cccc(C(F)(F)F)c2)C(=O)C(C(=O)NCC(C)C)C1c1ccc(C#N)cc1. The van der Waals surface area contributed by atoms with Crippen LogP contribution in [-0.4, -0.2) is 18.4 Å². The maximum Gasteiger partial charge on any atom is 0.416 e. The number of rotatable bonds is 5. The van der Waals surface area contributed by atoms with Crippen LogP contribution in [0.4, 0.5) is 18.9 Å². The van der Waals surface area contributed by atoms with Crippen LogP contribution in [0.25, 0.3) is 4.85 Å². The number of alkyl halides is 3. The predicted octanol–water partition coefficient (Wildman–Crippen LogP) is 5.25. The van der Waals surface area contributed by atoms with Gasteiger partial charge in [0.15, 0.2) is 5.70 Å². The van der Waals surface area contributed by atoms with Crippen LogP contribution in [0, 0.1) is 29.7 Å². The normalized spacial score (nSPS) is 18.3. The maximum absolute atomic E-state index is 13.7. The first-order chi connectivity index (χ1) is 16.5. The molecule has 2 atom stereocenters. The third kappa shape index (κ3) is 5.20. The number of halogens is 3. The minimum atomic E-state index is -4.63. The highest BCUT2D eigenvalue weighted by Gasteiger charge is 2.47. The van der Waals surface area contributed by atoms with E-state index < -0.39 is 35.4 Å². The molecule has 0 saturated carbocycles. The summed E-state index contributed by atoms with van der Waals surface area (Å²) in [5.41, 5.74) is 0.0323. The van der Waals surface area contributed by atoms with Crippen molar-refractivity contribution in [2.45, 2.75) is 32.9 Å². The van der Waals surface area contributed by atoms with Crippen molar-refractivity contribution in [2.24, 2.45) is 11.8 Å². The van der Waals surface area contributed by atoms with Crippen molar-refractivity contribution in [2.75, 3.05) is 11.4 Å². The summed E-state index contributed by atoms with van der Waals surface area (Å²) >= 11 is 0. The van der Waals surface area contributed by atoms with Gasteiger partial charge in [0.1, 0.15) is 5.92 Å². The van der Waals surface area contributed by atoms with Crippen molar-refractivity contribution in [3.05, 3.63) is 88.0 Å². The number of amides is 2. The van der Waals surface area contributed by atoms with Crippen molar-refractivity contribution in [1.29, 1.82) is 5.26 Å². The standard InChI is InChI=1S/C26H23F3N4O2/c1-15(2)14-32-24(34)22-21(18-10-8-17(13-30)9-11-18)23(31-4)16(3)33(25(22)35)20-7-5-6-19(12-20)26(27,28)29/h5-12,15,21-22H,14H2,1-3H3,(H,32,34). The Labute approximate surface area is 201 Å². The molecule has 1 aliphatic heterocycles. The quantitative estimate of drug-likeness (QED) is 0.469. The van der Waals surface area contributed by atoms with E-state index in [1.54, 1.807) is 12.1 Å². The van der Waals surface area contributed by atoms with Gasteiger partial charge in [0.25, 0.3) is 0 Å². The van der Waals surface area contributed by atoms with Crippen molar-refractivity contribution < 1.29 is 22.8 Å². The predicted molar refractivity (Wildman–Crippen MR) is 123 cm³/mol. The molecular weight excluding hydrogens is 457 g/mol. The van der Waals surface area contributed by atoms with E-state index >= 15 is 0 Å². The molecule has 35 heavy (non-hydrogen) atoms. The average Bonchev–Trinajstić information content (AvgIpc) is 2.82. The second kappa shape index (κ2) is 10.0. The fraction of sp³-hybridized carbons (Fsp3) is 0.308. The summed E-state index contributed by atoms with van der Waals surface area (Å²) < 4.78 is 40.0. The summed E-state index contributed by atoms with van der Waals surface area (Å²) in [6.45, 7) is 13.3. The molecule has 2 aromatic carbocycles. The van der Waals surface area contributed by atoms with E-state index in [0.29, 0.717) is 11.1 Å². The minimum absolute atomic E-state index is 0.0661. The summed E-state index contributed by atoms with van der Waals surface area (Å²) in [6, 6.07) is 12.4. The summed E-state index contributed by atoms with van der Waals surface area (Å²) in [5.74, 6) is -3.61. The maximum atomic E-state index is 13.7. The van der Waals surface area contributed by atoms with Crippen LogP contribution >= 0.6 is 0 Å². The molecule has 1 heterocycles. The van der Waals surface area contributed by atoms with Gasteiger partial charge >= 0.3 is 6.18 Å². The molecule has 2 unspecified atom stereocenters. The van der Waals surface area contributed by atoms with Crippen LogP contribution in [0.2, 0.25) is 0 Å². The van der Waals surface area contributed by atoms with E-state index in [1.807, 2.05) is 19.9 Å². The fourth-order valence-corrected chi connectivity index (χ4v) is 4.03. The fourth-order valence-electron chi connectivity index (χ4n) is 4.03. The van der Waals surface area contributed by atoms with Crippen LogP contribution in [0.1, 0.15) is 43.4 Å². The third-order valence-electron chi connectivity index (χ3n) is 5.74. The molecular formula is C26H23F3N4O2. The highest BCUT2D eigenvalue weighted by molar-refractivity contribution is 6.11. The van der Waals surface area contributed by atoms with Gasteiger partial charge in [0, 0.05) is 23.8 Å². The van der Waals surface area contributed by atoms with Gasteiger partial charge in [-0.3, -0.25) is 14.5 Å². The molecule has 0 fully saturated rings. The van der Waals surface area contributed by atoms with Crippen LogP contribution < -0.4 is 10.2 Å². The van der Waals surface area contributed by atoms with Gasteiger partial charge < -0.3 is 5.32 Å². The lowest BCUT2D eigenvalue weighted by atomic mass is 9.78. The number of anilines is 1. The summed E-state index contributed by atoms with van der Waals surface area (Å²) in [4.78, 5) is 31.6. The van der Waals surface area contributed by atoms with Crippen molar-refractivity contribution >= 4 is 17.5 Å². The zero-order chi connectivity index (χ0) is 25.9. The zero-order valence-corrected chi connectivity index (χ0v) is 19.3. The lowest BCUT2D eigenvalue weighted by Crippen LogP contribution is -2.50. The first-order valence-corrected chi connectivity index (χ1v) is 10.9. The van der Waals surface area contributed by atoms with Crippen LogP contribution in [0.3, 0.4) is 0 Å². The van der Waals surface area contributed by atoms with Gasteiger partial charge in [0.05, 0.1) is 23.8 Å². The van der Waals surface area contributed by atoms with E-state index in [2.05, 4.69) is 10.2 Å². The molecule has 180 valence electrons. The van der Waals surface area contributed by atoms with Gasteiger partial charge in [-0.15, -0.1) is 0 Å². The van der Waals surface area contributed by atoms with Crippen molar-refractivity contribution in [3.8, 4) is 6.07 Å². The van der Waals surface area contributed by atoms with E-state index in [1.165, 1.54) is 31.2 Å². The Morgan fingerprint density at radius 3 is 2.43 bits per heavy atom. The molecule has 0 bridgehead atoms.